The van der Waals surface area contributed by atoms with Gasteiger partial charge in [0.15, 0.2) is 0 Å². The molecule has 0 aliphatic rings. The van der Waals surface area contributed by atoms with Gasteiger partial charge in [0.1, 0.15) is 6.04 Å². The molecule has 0 unspecified atom stereocenters. The van der Waals surface area contributed by atoms with Crippen LogP contribution in [0.4, 0.5) is 0 Å². The fraction of sp³-hybridized carbons (Fsp3) is 0.818. The Morgan fingerprint density at radius 3 is 2.16 bits per heavy atom. The molecule has 0 saturated carbocycles. The molecule has 1 atom stereocenters. The van der Waals surface area contributed by atoms with Crippen molar-refractivity contribution in [1.82, 2.24) is 9.62 Å². The number of carbonyl (C=O) groups excluding carboxylic acids is 1. The van der Waals surface area contributed by atoms with Crippen molar-refractivity contribution in [2.45, 2.75) is 32.7 Å². The molecule has 1 amide bonds. The van der Waals surface area contributed by atoms with Crippen LogP contribution in [0.5, 0.6) is 0 Å². The Balaban J connectivity index is 4.40. The van der Waals surface area contributed by atoms with E-state index in [1.807, 2.05) is 13.8 Å². The second kappa shape index (κ2) is 7.44. The number of carboxylic acid groups (broad SMARTS) is 1. The number of rotatable bonds is 8. The second-order valence-corrected chi connectivity index (χ2v) is 7.24. The zero-order valence-corrected chi connectivity index (χ0v) is 12.5. The molecule has 2 N–H and O–H groups in total. The number of nitrogens with one attached hydrogen (secondary N) is 1. The molecule has 0 fully saturated rings. The number of carboxylic acids is 1. The maximum atomic E-state index is 11.6. The Bertz CT molecular complexity index is 417. The van der Waals surface area contributed by atoms with Gasteiger partial charge in [0.25, 0.3) is 0 Å². The first-order valence-electron chi connectivity index (χ1n) is 5.98. The Kier molecular flexibility index (Phi) is 6.99. The van der Waals surface area contributed by atoms with Crippen LogP contribution in [0.3, 0.4) is 0 Å². The summed E-state index contributed by atoms with van der Waals surface area (Å²) in [6.07, 6.45) is 0.0594. The third-order valence-corrected chi connectivity index (χ3v) is 4.32. The second-order valence-electron chi connectivity index (χ2n) is 4.94. The topological polar surface area (TPSA) is 104 Å². The molecule has 0 saturated heterocycles. The standard InChI is InChI=1S/C11H22N2O5S/c1-8(2)7-9(11(15)16)12-10(14)5-6-19(17,18)13(3)4/h8-9H,5-7H2,1-4H3,(H,12,14)(H,15,16)/t9-/m1/s1. The summed E-state index contributed by atoms with van der Waals surface area (Å²) in [5.74, 6) is -1.90. The van der Waals surface area contributed by atoms with Crippen molar-refractivity contribution in [2.24, 2.45) is 5.92 Å². The Morgan fingerprint density at radius 1 is 1.26 bits per heavy atom. The van der Waals surface area contributed by atoms with Crippen LogP contribution in [0.15, 0.2) is 0 Å². The highest BCUT2D eigenvalue weighted by atomic mass is 32.2. The smallest absolute Gasteiger partial charge is 0.326 e. The largest absolute Gasteiger partial charge is 0.480 e. The van der Waals surface area contributed by atoms with Crippen molar-refractivity contribution in [1.29, 1.82) is 0 Å². The molecular formula is C11H22N2O5S. The highest BCUT2D eigenvalue weighted by Gasteiger charge is 2.22. The molecule has 8 heteroatoms. The van der Waals surface area contributed by atoms with Gasteiger partial charge in [-0.15, -0.1) is 0 Å². The van der Waals surface area contributed by atoms with Crippen molar-refractivity contribution < 1.29 is 23.1 Å². The van der Waals surface area contributed by atoms with Crippen LogP contribution in [0.1, 0.15) is 26.7 Å². The predicted octanol–water partition coefficient (Wildman–Crippen LogP) is -0.117. The van der Waals surface area contributed by atoms with Gasteiger partial charge in [-0.05, 0) is 12.3 Å². The Hall–Kier alpha value is -1.15. The first-order chi connectivity index (χ1) is 8.56. The van der Waals surface area contributed by atoms with Crippen LogP contribution in [-0.4, -0.2) is 55.6 Å². The molecule has 0 radical (unpaired) electrons. The molecule has 0 heterocycles. The lowest BCUT2D eigenvalue weighted by atomic mass is 10.0. The van der Waals surface area contributed by atoms with Crippen LogP contribution in [0, 0.1) is 5.92 Å². The SMILES string of the molecule is CC(C)C[C@@H](NC(=O)CCS(=O)(=O)N(C)C)C(=O)O. The van der Waals surface area contributed by atoms with Crippen molar-refractivity contribution >= 4 is 21.9 Å². The van der Waals surface area contributed by atoms with E-state index in [1.54, 1.807) is 0 Å². The van der Waals surface area contributed by atoms with Gasteiger partial charge in [-0.1, -0.05) is 13.8 Å². The summed E-state index contributed by atoms with van der Waals surface area (Å²) in [5, 5.41) is 11.3. The van der Waals surface area contributed by atoms with Gasteiger partial charge >= 0.3 is 5.97 Å². The predicted molar refractivity (Wildman–Crippen MR) is 71.1 cm³/mol. The third-order valence-electron chi connectivity index (χ3n) is 2.48. The fourth-order valence-electron chi connectivity index (χ4n) is 1.36. The number of carbonyl (C=O) groups is 2. The first-order valence-corrected chi connectivity index (χ1v) is 7.59. The number of nitrogens with zero attached hydrogens (tertiary/aromatic N) is 1. The molecule has 0 aromatic carbocycles. The van der Waals surface area contributed by atoms with Crippen molar-refractivity contribution in [3.8, 4) is 0 Å². The average molecular weight is 294 g/mol. The average Bonchev–Trinajstić information content (AvgIpc) is 2.24. The highest BCUT2D eigenvalue weighted by Crippen LogP contribution is 2.05. The lowest BCUT2D eigenvalue weighted by molar-refractivity contribution is -0.142. The molecule has 0 aliphatic carbocycles. The van der Waals surface area contributed by atoms with E-state index in [0.29, 0.717) is 6.42 Å². The van der Waals surface area contributed by atoms with E-state index in [9.17, 15) is 18.0 Å². The van der Waals surface area contributed by atoms with Gasteiger partial charge in [0.05, 0.1) is 5.75 Å². The highest BCUT2D eigenvalue weighted by molar-refractivity contribution is 7.89. The number of amides is 1. The van der Waals surface area contributed by atoms with Crippen LogP contribution < -0.4 is 5.32 Å². The zero-order valence-electron chi connectivity index (χ0n) is 11.7. The van der Waals surface area contributed by atoms with Crippen molar-refractivity contribution in [3.63, 3.8) is 0 Å². The van der Waals surface area contributed by atoms with Gasteiger partial charge in [0, 0.05) is 20.5 Å². The van der Waals surface area contributed by atoms with Gasteiger partial charge in [-0.2, -0.15) is 0 Å². The molecule has 0 aliphatic heterocycles. The minimum Gasteiger partial charge on any atom is -0.480 e. The summed E-state index contributed by atoms with van der Waals surface area (Å²) in [4.78, 5) is 22.5. The van der Waals surface area contributed by atoms with Crippen LogP contribution >= 0.6 is 0 Å². The minimum atomic E-state index is -3.45. The van der Waals surface area contributed by atoms with Gasteiger partial charge in [-0.3, -0.25) is 4.79 Å². The summed E-state index contributed by atoms with van der Waals surface area (Å²) in [7, 11) is -0.685. The van der Waals surface area contributed by atoms with E-state index in [-0.39, 0.29) is 18.1 Å². The number of sulfonamides is 1. The molecule has 0 spiro atoms. The van der Waals surface area contributed by atoms with Gasteiger partial charge in [0.2, 0.25) is 15.9 Å². The lowest BCUT2D eigenvalue weighted by Crippen LogP contribution is -2.42. The first kappa shape index (κ1) is 17.8. The van der Waals surface area contributed by atoms with Crippen LogP contribution in [0.2, 0.25) is 0 Å². The van der Waals surface area contributed by atoms with Crippen molar-refractivity contribution in [3.05, 3.63) is 0 Å². The van der Waals surface area contributed by atoms with E-state index in [2.05, 4.69) is 5.32 Å². The van der Waals surface area contributed by atoms with Crippen LogP contribution in [-0.2, 0) is 19.6 Å². The summed E-state index contributed by atoms with van der Waals surface area (Å²) in [5.41, 5.74) is 0. The maximum absolute atomic E-state index is 11.6. The van der Waals surface area contributed by atoms with Gasteiger partial charge < -0.3 is 10.4 Å². The molecular weight excluding hydrogens is 272 g/mol. The third kappa shape index (κ3) is 7.12. The summed E-state index contributed by atoms with van der Waals surface area (Å²) in [6.45, 7) is 3.69. The summed E-state index contributed by atoms with van der Waals surface area (Å²) < 4.78 is 24.0. The Labute approximate surface area is 114 Å². The zero-order chi connectivity index (χ0) is 15.2. The van der Waals surface area contributed by atoms with E-state index in [1.165, 1.54) is 14.1 Å². The quantitative estimate of drug-likeness (QED) is 0.649. The summed E-state index contributed by atoms with van der Waals surface area (Å²) >= 11 is 0. The number of hydrogen-bond acceptors (Lipinski definition) is 4. The number of aliphatic carboxylic acids is 1. The van der Waals surface area contributed by atoms with Crippen molar-refractivity contribution in [2.75, 3.05) is 19.8 Å². The normalized spacial score (nSPS) is 13.6. The minimum absolute atomic E-state index is 0.118. The summed E-state index contributed by atoms with van der Waals surface area (Å²) in [6, 6.07) is -0.977. The fourth-order valence-corrected chi connectivity index (χ4v) is 2.17. The molecule has 7 nitrogen and oxygen atoms in total. The molecule has 112 valence electrons. The van der Waals surface area contributed by atoms with Crippen LogP contribution in [0.25, 0.3) is 0 Å². The van der Waals surface area contributed by atoms with E-state index < -0.39 is 27.9 Å². The lowest BCUT2D eigenvalue weighted by Gasteiger charge is -2.17. The number of hydrogen-bond donors (Lipinski definition) is 2. The van der Waals surface area contributed by atoms with E-state index >= 15 is 0 Å². The molecule has 0 bridgehead atoms. The molecule has 0 aromatic rings. The maximum Gasteiger partial charge on any atom is 0.326 e. The molecule has 0 rings (SSSR count). The van der Waals surface area contributed by atoms with E-state index in [0.717, 1.165) is 4.31 Å². The molecule has 19 heavy (non-hydrogen) atoms. The Morgan fingerprint density at radius 2 is 1.79 bits per heavy atom. The molecule has 0 aromatic heterocycles. The van der Waals surface area contributed by atoms with E-state index in [4.69, 9.17) is 5.11 Å². The monoisotopic (exact) mass is 294 g/mol. The van der Waals surface area contributed by atoms with Gasteiger partial charge in [-0.25, -0.2) is 17.5 Å².